The quantitative estimate of drug-likeness (QED) is 0.472. The van der Waals surface area contributed by atoms with Crippen molar-refractivity contribution in [3.63, 3.8) is 0 Å². The lowest BCUT2D eigenvalue weighted by molar-refractivity contribution is 0.0651. The van der Waals surface area contributed by atoms with Gasteiger partial charge >= 0.3 is 6.16 Å². The van der Waals surface area contributed by atoms with Crippen LogP contribution in [0.2, 0.25) is 0 Å². The van der Waals surface area contributed by atoms with Crippen LogP contribution in [-0.4, -0.2) is 19.4 Å². The second-order valence-corrected chi connectivity index (χ2v) is 2.83. The molecule has 0 fully saturated rings. The molecule has 0 unspecified atom stereocenters. The van der Waals surface area contributed by atoms with Crippen LogP contribution in [-0.2, 0) is 9.47 Å². The Kier molecular flexibility index (Phi) is 7.07. The summed E-state index contributed by atoms with van der Waals surface area (Å²) in [7, 11) is 0. The van der Waals surface area contributed by atoms with E-state index >= 15 is 0 Å². The second-order valence-electron chi connectivity index (χ2n) is 2.83. The van der Waals surface area contributed by atoms with Crippen molar-refractivity contribution in [2.75, 3.05) is 13.2 Å². The zero-order valence-electron chi connectivity index (χ0n) is 8.47. The van der Waals surface area contributed by atoms with Crippen molar-refractivity contribution in [3.05, 3.63) is 12.2 Å². The van der Waals surface area contributed by atoms with E-state index in [2.05, 4.69) is 18.2 Å². The SMILES string of the molecule is C=C(CCCC)COC(=O)OCC. The second kappa shape index (κ2) is 7.65. The normalized spacial score (nSPS) is 9.38. The smallest absolute Gasteiger partial charge is 0.435 e. The van der Waals surface area contributed by atoms with Gasteiger partial charge in [0.05, 0.1) is 6.61 Å². The number of rotatable bonds is 6. The lowest BCUT2D eigenvalue weighted by Gasteiger charge is -2.06. The molecular formula is C10H18O3. The third-order valence-corrected chi connectivity index (χ3v) is 1.54. The minimum absolute atomic E-state index is 0.277. The van der Waals surface area contributed by atoms with Crippen molar-refractivity contribution in [2.24, 2.45) is 0 Å². The Morgan fingerprint density at radius 3 is 2.54 bits per heavy atom. The largest absolute Gasteiger partial charge is 0.508 e. The summed E-state index contributed by atoms with van der Waals surface area (Å²) < 4.78 is 9.38. The van der Waals surface area contributed by atoms with Crippen molar-refractivity contribution in [1.82, 2.24) is 0 Å². The number of hydrogen-bond donors (Lipinski definition) is 0. The minimum Gasteiger partial charge on any atom is -0.435 e. The topological polar surface area (TPSA) is 35.5 Å². The van der Waals surface area contributed by atoms with Crippen LogP contribution >= 0.6 is 0 Å². The van der Waals surface area contributed by atoms with Gasteiger partial charge in [-0.2, -0.15) is 0 Å². The maximum absolute atomic E-state index is 10.7. The third-order valence-electron chi connectivity index (χ3n) is 1.54. The zero-order chi connectivity index (χ0) is 10.1. The molecule has 3 nitrogen and oxygen atoms in total. The van der Waals surface area contributed by atoms with Crippen LogP contribution in [0.3, 0.4) is 0 Å². The summed E-state index contributed by atoms with van der Waals surface area (Å²) in [4.78, 5) is 10.7. The summed E-state index contributed by atoms with van der Waals surface area (Å²) >= 11 is 0. The first kappa shape index (κ1) is 12.0. The lowest BCUT2D eigenvalue weighted by atomic mass is 10.1. The Balaban J connectivity index is 3.40. The Hall–Kier alpha value is -0.990. The van der Waals surface area contributed by atoms with Crippen LogP contribution in [0.4, 0.5) is 4.79 Å². The molecule has 0 amide bonds. The fourth-order valence-corrected chi connectivity index (χ4v) is 0.819. The number of unbranched alkanes of at least 4 members (excludes halogenated alkanes) is 1. The van der Waals surface area contributed by atoms with Crippen LogP contribution in [0.25, 0.3) is 0 Å². The van der Waals surface area contributed by atoms with Crippen LogP contribution in [0, 0.1) is 0 Å². The molecular weight excluding hydrogens is 168 g/mol. The Morgan fingerprint density at radius 1 is 1.31 bits per heavy atom. The van der Waals surface area contributed by atoms with E-state index in [-0.39, 0.29) is 6.61 Å². The molecule has 0 saturated carbocycles. The number of carbonyl (C=O) groups is 1. The molecule has 0 aromatic carbocycles. The molecule has 0 aromatic heterocycles. The molecule has 0 atom stereocenters. The van der Waals surface area contributed by atoms with Crippen molar-refractivity contribution < 1.29 is 14.3 Å². The highest BCUT2D eigenvalue weighted by atomic mass is 16.7. The molecule has 0 rings (SSSR count). The van der Waals surface area contributed by atoms with E-state index in [9.17, 15) is 4.79 Å². The highest BCUT2D eigenvalue weighted by Crippen LogP contribution is 2.05. The average Bonchev–Trinajstić information content (AvgIpc) is 2.12. The van der Waals surface area contributed by atoms with E-state index in [0.29, 0.717) is 6.61 Å². The fourth-order valence-electron chi connectivity index (χ4n) is 0.819. The molecule has 0 saturated heterocycles. The van der Waals surface area contributed by atoms with E-state index in [0.717, 1.165) is 24.8 Å². The van der Waals surface area contributed by atoms with Gasteiger partial charge in [-0.05, 0) is 25.3 Å². The van der Waals surface area contributed by atoms with Gasteiger partial charge in [0.25, 0.3) is 0 Å². The van der Waals surface area contributed by atoms with Gasteiger partial charge in [0.1, 0.15) is 6.61 Å². The highest BCUT2D eigenvalue weighted by Gasteiger charge is 2.02. The molecule has 3 heteroatoms. The Bertz CT molecular complexity index is 164. The van der Waals surface area contributed by atoms with Crippen LogP contribution in [0.15, 0.2) is 12.2 Å². The van der Waals surface area contributed by atoms with Gasteiger partial charge in [0.15, 0.2) is 0 Å². The molecule has 0 spiro atoms. The summed E-state index contributed by atoms with van der Waals surface area (Å²) in [5.41, 5.74) is 0.940. The summed E-state index contributed by atoms with van der Waals surface area (Å²) in [6.07, 6.45) is 2.51. The first-order valence-corrected chi connectivity index (χ1v) is 4.66. The van der Waals surface area contributed by atoms with Gasteiger partial charge in [-0.1, -0.05) is 19.9 Å². The van der Waals surface area contributed by atoms with Gasteiger partial charge in [-0.3, -0.25) is 0 Å². The third kappa shape index (κ3) is 7.37. The maximum Gasteiger partial charge on any atom is 0.508 e. The number of hydrogen-bond acceptors (Lipinski definition) is 3. The summed E-state index contributed by atoms with van der Waals surface area (Å²) in [5.74, 6) is 0. The molecule has 0 N–H and O–H groups in total. The minimum atomic E-state index is -0.611. The van der Waals surface area contributed by atoms with Gasteiger partial charge in [0, 0.05) is 0 Å². The summed E-state index contributed by atoms with van der Waals surface area (Å²) in [6.45, 7) is 8.27. The average molecular weight is 186 g/mol. The van der Waals surface area contributed by atoms with Gasteiger partial charge < -0.3 is 9.47 Å². The first-order chi connectivity index (χ1) is 6.20. The molecule has 0 radical (unpaired) electrons. The monoisotopic (exact) mass is 186 g/mol. The molecule has 76 valence electrons. The molecule has 0 bridgehead atoms. The fraction of sp³-hybridized carbons (Fsp3) is 0.700. The van der Waals surface area contributed by atoms with E-state index < -0.39 is 6.16 Å². The summed E-state index contributed by atoms with van der Waals surface area (Å²) in [5, 5.41) is 0. The standard InChI is InChI=1S/C10H18O3/c1-4-6-7-9(3)8-13-10(11)12-5-2/h3-8H2,1-2H3. The number of carbonyl (C=O) groups excluding carboxylic acids is 1. The molecule has 13 heavy (non-hydrogen) atoms. The van der Waals surface area contributed by atoms with E-state index in [4.69, 9.17) is 4.74 Å². The summed E-state index contributed by atoms with van der Waals surface area (Å²) in [6, 6.07) is 0. The Morgan fingerprint density at radius 2 is 2.00 bits per heavy atom. The van der Waals surface area contributed by atoms with E-state index in [1.165, 1.54) is 0 Å². The Labute approximate surface area is 79.7 Å². The van der Waals surface area contributed by atoms with Crippen molar-refractivity contribution in [2.45, 2.75) is 33.1 Å². The predicted molar refractivity (Wildman–Crippen MR) is 51.6 cm³/mol. The van der Waals surface area contributed by atoms with Crippen molar-refractivity contribution >= 4 is 6.16 Å². The van der Waals surface area contributed by atoms with Crippen molar-refractivity contribution in [3.8, 4) is 0 Å². The molecule has 0 aliphatic heterocycles. The van der Waals surface area contributed by atoms with Crippen LogP contribution < -0.4 is 0 Å². The maximum atomic E-state index is 10.7. The number of ether oxygens (including phenoxy) is 2. The van der Waals surface area contributed by atoms with Crippen molar-refractivity contribution in [1.29, 1.82) is 0 Å². The van der Waals surface area contributed by atoms with Gasteiger partial charge in [-0.25, -0.2) is 4.79 Å². The lowest BCUT2D eigenvalue weighted by Crippen LogP contribution is -2.09. The highest BCUT2D eigenvalue weighted by molar-refractivity contribution is 5.59. The van der Waals surface area contributed by atoms with Gasteiger partial charge in [0.2, 0.25) is 0 Å². The molecule has 0 aliphatic carbocycles. The van der Waals surface area contributed by atoms with Crippen LogP contribution in [0.5, 0.6) is 0 Å². The predicted octanol–water partition coefficient (Wildman–Crippen LogP) is 2.91. The molecule has 0 aromatic rings. The molecule has 0 aliphatic rings. The van der Waals surface area contributed by atoms with E-state index in [1.54, 1.807) is 6.92 Å². The first-order valence-electron chi connectivity index (χ1n) is 4.66. The zero-order valence-corrected chi connectivity index (χ0v) is 8.47. The van der Waals surface area contributed by atoms with Crippen LogP contribution in [0.1, 0.15) is 33.1 Å². The van der Waals surface area contributed by atoms with Gasteiger partial charge in [-0.15, -0.1) is 0 Å². The molecule has 0 heterocycles. The van der Waals surface area contributed by atoms with E-state index in [1.807, 2.05) is 0 Å².